The molecule has 0 saturated carbocycles. The van der Waals surface area contributed by atoms with E-state index in [1.165, 1.54) is 6.20 Å². The lowest BCUT2D eigenvalue weighted by atomic mass is 10.1. The standard InChI is InChI=1S/C9H10N2O/c1-6-7(2)9(5-12)11-4-8(6)3-10/h4,12H,5H2,1-2H3. The van der Waals surface area contributed by atoms with Gasteiger partial charge in [0.1, 0.15) is 6.07 Å². The summed E-state index contributed by atoms with van der Waals surface area (Å²) in [6.45, 7) is 3.64. The molecule has 0 radical (unpaired) electrons. The Bertz CT molecular complexity index is 339. The van der Waals surface area contributed by atoms with Gasteiger partial charge in [0.2, 0.25) is 0 Å². The molecule has 62 valence electrons. The zero-order valence-corrected chi connectivity index (χ0v) is 7.13. The highest BCUT2D eigenvalue weighted by Crippen LogP contribution is 2.13. The van der Waals surface area contributed by atoms with E-state index in [9.17, 15) is 0 Å². The van der Waals surface area contributed by atoms with Gasteiger partial charge < -0.3 is 5.11 Å². The van der Waals surface area contributed by atoms with Crippen LogP contribution < -0.4 is 0 Å². The summed E-state index contributed by atoms with van der Waals surface area (Å²) in [4.78, 5) is 3.96. The molecule has 12 heavy (non-hydrogen) atoms. The summed E-state index contributed by atoms with van der Waals surface area (Å²) < 4.78 is 0. The summed E-state index contributed by atoms with van der Waals surface area (Å²) in [6.07, 6.45) is 1.49. The first-order valence-corrected chi connectivity index (χ1v) is 3.66. The van der Waals surface area contributed by atoms with E-state index in [0.717, 1.165) is 11.1 Å². The number of nitriles is 1. The van der Waals surface area contributed by atoms with Crippen LogP contribution in [0, 0.1) is 25.2 Å². The second-order valence-corrected chi connectivity index (χ2v) is 2.64. The quantitative estimate of drug-likeness (QED) is 0.671. The van der Waals surface area contributed by atoms with Crippen molar-refractivity contribution in [3.05, 3.63) is 28.6 Å². The molecular weight excluding hydrogens is 152 g/mol. The van der Waals surface area contributed by atoms with Crippen molar-refractivity contribution in [1.82, 2.24) is 4.98 Å². The minimum Gasteiger partial charge on any atom is -0.390 e. The van der Waals surface area contributed by atoms with Gasteiger partial charge in [-0.15, -0.1) is 0 Å². The maximum Gasteiger partial charge on any atom is 0.101 e. The number of rotatable bonds is 1. The van der Waals surface area contributed by atoms with Crippen LogP contribution in [0.15, 0.2) is 6.20 Å². The molecule has 0 saturated heterocycles. The Balaban J connectivity index is 3.32. The van der Waals surface area contributed by atoms with Crippen LogP contribution in [0.5, 0.6) is 0 Å². The molecule has 1 N–H and O–H groups in total. The second kappa shape index (κ2) is 3.33. The van der Waals surface area contributed by atoms with Gasteiger partial charge in [0.15, 0.2) is 0 Å². The first-order valence-electron chi connectivity index (χ1n) is 3.66. The fraction of sp³-hybridized carbons (Fsp3) is 0.333. The smallest absolute Gasteiger partial charge is 0.101 e. The van der Waals surface area contributed by atoms with E-state index in [4.69, 9.17) is 10.4 Å². The van der Waals surface area contributed by atoms with Crippen LogP contribution in [0.2, 0.25) is 0 Å². The van der Waals surface area contributed by atoms with E-state index in [1.54, 1.807) is 0 Å². The van der Waals surface area contributed by atoms with Gasteiger partial charge in [0.05, 0.1) is 17.9 Å². The van der Waals surface area contributed by atoms with Crippen molar-refractivity contribution >= 4 is 0 Å². The molecule has 0 aliphatic heterocycles. The first kappa shape index (κ1) is 8.69. The molecule has 0 unspecified atom stereocenters. The molecule has 0 atom stereocenters. The molecule has 0 aliphatic rings. The highest BCUT2D eigenvalue weighted by Gasteiger charge is 2.05. The summed E-state index contributed by atoms with van der Waals surface area (Å²) in [6, 6.07) is 2.04. The van der Waals surface area contributed by atoms with Gasteiger partial charge in [-0.2, -0.15) is 5.26 Å². The zero-order valence-electron chi connectivity index (χ0n) is 7.13. The molecule has 0 spiro atoms. The molecule has 1 heterocycles. The Kier molecular flexibility index (Phi) is 2.41. The van der Waals surface area contributed by atoms with Crippen molar-refractivity contribution in [3.8, 4) is 6.07 Å². The summed E-state index contributed by atoms with van der Waals surface area (Å²) in [5, 5.41) is 17.5. The van der Waals surface area contributed by atoms with Gasteiger partial charge in [0, 0.05) is 6.20 Å². The van der Waals surface area contributed by atoms with Gasteiger partial charge in [-0.25, -0.2) is 0 Å². The molecule has 3 nitrogen and oxygen atoms in total. The molecule has 0 fully saturated rings. The van der Waals surface area contributed by atoms with Crippen LogP contribution in [0.25, 0.3) is 0 Å². The monoisotopic (exact) mass is 162 g/mol. The third-order valence-electron chi connectivity index (χ3n) is 2.02. The van der Waals surface area contributed by atoms with Gasteiger partial charge in [0.25, 0.3) is 0 Å². The van der Waals surface area contributed by atoms with Crippen LogP contribution in [0.1, 0.15) is 22.4 Å². The first-order chi connectivity index (χ1) is 5.70. The van der Waals surface area contributed by atoms with Crippen LogP contribution in [-0.2, 0) is 6.61 Å². The van der Waals surface area contributed by atoms with Crippen molar-refractivity contribution in [2.24, 2.45) is 0 Å². The topological polar surface area (TPSA) is 56.9 Å². The largest absolute Gasteiger partial charge is 0.390 e. The average Bonchev–Trinajstić information content (AvgIpc) is 2.10. The van der Waals surface area contributed by atoms with Crippen LogP contribution in [0.3, 0.4) is 0 Å². The van der Waals surface area contributed by atoms with Crippen molar-refractivity contribution in [2.45, 2.75) is 20.5 Å². The van der Waals surface area contributed by atoms with Gasteiger partial charge in [-0.05, 0) is 25.0 Å². The number of pyridine rings is 1. The van der Waals surface area contributed by atoms with E-state index in [2.05, 4.69) is 4.98 Å². The molecule has 1 rings (SSSR count). The lowest BCUT2D eigenvalue weighted by Gasteiger charge is -2.05. The Hall–Kier alpha value is -1.40. The van der Waals surface area contributed by atoms with E-state index >= 15 is 0 Å². The van der Waals surface area contributed by atoms with Gasteiger partial charge in [-0.3, -0.25) is 4.98 Å². The summed E-state index contributed by atoms with van der Waals surface area (Å²) in [5.74, 6) is 0. The average molecular weight is 162 g/mol. The number of hydrogen-bond donors (Lipinski definition) is 1. The van der Waals surface area contributed by atoms with E-state index in [0.29, 0.717) is 11.3 Å². The van der Waals surface area contributed by atoms with Gasteiger partial charge in [-0.1, -0.05) is 0 Å². The van der Waals surface area contributed by atoms with Crippen LogP contribution in [0.4, 0.5) is 0 Å². The predicted octanol–water partition coefficient (Wildman–Crippen LogP) is 1.06. The van der Waals surface area contributed by atoms with Gasteiger partial charge >= 0.3 is 0 Å². The molecule has 0 aromatic carbocycles. The van der Waals surface area contributed by atoms with Crippen molar-refractivity contribution in [3.63, 3.8) is 0 Å². The lowest BCUT2D eigenvalue weighted by molar-refractivity contribution is 0.276. The normalized spacial score (nSPS) is 9.50. The Morgan fingerprint density at radius 2 is 2.17 bits per heavy atom. The minimum absolute atomic E-state index is 0.0710. The molecule has 0 aliphatic carbocycles. The van der Waals surface area contributed by atoms with Crippen molar-refractivity contribution in [1.29, 1.82) is 5.26 Å². The fourth-order valence-electron chi connectivity index (χ4n) is 1.03. The van der Waals surface area contributed by atoms with Crippen LogP contribution in [-0.4, -0.2) is 10.1 Å². The number of aromatic nitrogens is 1. The molecule has 1 aromatic heterocycles. The molecular formula is C9H10N2O. The third-order valence-corrected chi connectivity index (χ3v) is 2.02. The number of hydrogen-bond acceptors (Lipinski definition) is 3. The van der Waals surface area contributed by atoms with Crippen LogP contribution >= 0.6 is 0 Å². The predicted molar refractivity (Wildman–Crippen MR) is 44.3 cm³/mol. The highest BCUT2D eigenvalue weighted by molar-refractivity contribution is 5.41. The molecule has 0 amide bonds. The highest BCUT2D eigenvalue weighted by atomic mass is 16.3. The van der Waals surface area contributed by atoms with E-state index in [1.807, 2.05) is 19.9 Å². The Labute approximate surface area is 71.3 Å². The van der Waals surface area contributed by atoms with E-state index < -0.39 is 0 Å². The summed E-state index contributed by atoms with van der Waals surface area (Å²) in [7, 11) is 0. The SMILES string of the molecule is Cc1c(C#N)cnc(CO)c1C. The number of aliphatic hydroxyl groups excluding tert-OH is 1. The summed E-state index contributed by atoms with van der Waals surface area (Å²) >= 11 is 0. The molecule has 0 bridgehead atoms. The van der Waals surface area contributed by atoms with Crippen molar-refractivity contribution in [2.75, 3.05) is 0 Å². The Morgan fingerprint density at radius 3 is 2.67 bits per heavy atom. The number of aliphatic hydroxyl groups is 1. The van der Waals surface area contributed by atoms with E-state index in [-0.39, 0.29) is 6.61 Å². The van der Waals surface area contributed by atoms with Crippen molar-refractivity contribution < 1.29 is 5.11 Å². The maximum absolute atomic E-state index is 8.86. The molecule has 1 aromatic rings. The fourth-order valence-corrected chi connectivity index (χ4v) is 1.03. The third kappa shape index (κ3) is 1.29. The number of nitrogens with zero attached hydrogens (tertiary/aromatic N) is 2. The molecule has 3 heteroatoms. The minimum atomic E-state index is -0.0710. The lowest BCUT2D eigenvalue weighted by Crippen LogP contribution is -1.98. The summed E-state index contributed by atoms with van der Waals surface area (Å²) in [5.41, 5.74) is 3.02. The maximum atomic E-state index is 8.86. The Morgan fingerprint density at radius 1 is 1.50 bits per heavy atom. The second-order valence-electron chi connectivity index (χ2n) is 2.64. The zero-order chi connectivity index (χ0) is 9.14.